The van der Waals surface area contributed by atoms with Crippen LogP contribution in [0.25, 0.3) is 0 Å². The van der Waals surface area contributed by atoms with Gasteiger partial charge in [-0.3, -0.25) is 4.72 Å². The van der Waals surface area contributed by atoms with Gasteiger partial charge in [0.2, 0.25) is 0 Å². The van der Waals surface area contributed by atoms with E-state index in [9.17, 15) is 13.2 Å². The Bertz CT molecular complexity index is 545. The number of anilines is 1. The minimum absolute atomic E-state index is 0.0444. The highest BCUT2D eigenvalue weighted by atomic mass is 32.2. The molecule has 0 saturated carbocycles. The average molecular weight is 287 g/mol. The van der Waals surface area contributed by atoms with E-state index in [1.165, 1.54) is 0 Å². The van der Waals surface area contributed by atoms with Gasteiger partial charge >= 0.3 is 16.3 Å². The van der Waals surface area contributed by atoms with E-state index in [4.69, 9.17) is 0 Å². The fraction of sp³-hybridized carbons (Fsp3) is 0.364. The van der Waals surface area contributed by atoms with Gasteiger partial charge < -0.3 is 10.1 Å². The van der Waals surface area contributed by atoms with Crippen molar-refractivity contribution in [3.63, 3.8) is 0 Å². The second-order valence-corrected chi connectivity index (χ2v) is 5.21. The molecule has 0 fully saturated rings. The Kier molecular flexibility index (Phi) is 5.13. The molecule has 7 nitrogen and oxygen atoms in total. The summed E-state index contributed by atoms with van der Waals surface area (Å²) < 4.78 is 31.6. The number of carbonyl (C=O) groups is 1. The van der Waals surface area contributed by atoms with Crippen LogP contribution in [0.15, 0.2) is 24.3 Å². The van der Waals surface area contributed by atoms with Crippen LogP contribution in [-0.4, -0.2) is 28.7 Å². The second-order valence-electron chi connectivity index (χ2n) is 3.80. The Hall–Kier alpha value is -1.80. The van der Waals surface area contributed by atoms with Crippen LogP contribution in [0.1, 0.15) is 18.5 Å². The van der Waals surface area contributed by atoms with Crippen LogP contribution in [0.5, 0.6) is 0 Å². The standard InChI is InChI=1S/C11H17N3O4S/c1-8(12-2)9-6-4-5-7-10(9)13-19(16,17)14-11(15)18-3/h4-8,12-13H,1-3H3,(H,14,15). The highest BCUT2D eigenvalue weighted by molar-refractivity contribution is 7.91. The minimum atomic E-state index is -4.01. The fourth-order valence-corrected chi connectivity index (χ4v) is 2.27. The number of carbonyl (C=O) groups excluding carboxylic acids is 1. The number of hydrogen-bond donors (Lipinski definition) is 3. The molecule has 0 bridgehead atoms. The molecule has 0 aliphatic heterocycles. The number of nitrogens with one attached hydrogen (secondary N) is 3. The van der Waals surface area contributed by atoms with Crippen LogP contribution < -0.4 is 14.8 Å². The van der Waals surface area contributed by atoms with Crippen molar-refractivity contribution in [3.05, 3.63) is 29.8 Å². The molecule has 1 aromatic carbocycles. The minimum Gasteiger partial charge on any atom is -0.452 e. The summed E-state index contributed by atoms with van der Waals surface area (Å²) in [6, 6.07) is 6.85. The lowest BCUT2D eigenvalue weighted by Gasteiger charge is -2.17. The Morgan fingerprint density at radius 1 is 1.32 bits per heavy atom. The first-order valence-corrected chi connectivity index (χ1v) is 7.02. The maximum Gasteiger partial charge on any atom is 0.422 e. The molecule has 0 saturated heterocycles. The number of hydrogen-bond acceptors (Lipinski definition) is 5. The molecule has 1 atom stereocenters. The summed E-state index contributed by atoms with van der Waals surface area (Å²) in [6.07, 6.45) is -1.05. The smallest absolute Gasteiger partial charge is 0.422 e. The molecule has 0 aliphatic carbocycles. The van der Waals surface area contributed by atoms with Crippen molar-refractivity contribution in [2.45, 2.75) is 13.0 Å². The molecular formula is C11H17N3O4S. The van der Waals surface area contributed by atoms with E-state index in [2.05, 4.69) is 14.8 Å². The van der Waals surface area contributed by atoms with Gasteiger partial charge in [-0.15, -0.1) is 0 Å². The Morgan fingerprint density at radius 2 is 1.95 bits per heavy atom. The Labute approximate surface area is 112 Å². The van der Waals surface area contributed by atoms with E-state index < -0.39 is 16.3 Å². The molecule has 0 aromatic heterocycles. The number of para-hydroxylation sites is 1. The first kappa shape index (κ1) is 15.3. The van der Waals surface area contributed by atoms with Crippen molar-refractivity contribution >= 4 is 22.0 Å². The first-order valence-electron chi connectivity index (χ1n) is 5.54. The predicted octanol–water partition coefficient (Wildman–Crippen LogP) is 0.980. The van der Waals surface area contributed by atoms with E-state index in [1.54, 1.807) is 36.0 Å². The van der Waals surface area contributed by atoms with Crippen LogP contribution in [0.4, 0.5) is 10.5 Å². The van der Waals surface area contributed by atoms with Crippen LogP contribution in [0, 0.1) is 0 Å². The first-order chi connectivity index (χ1) is 8.89. The SMILES string of the molecule is CNC(C)c1ccccc1NS(=O)(=O)NC(=O)OC. The van der Waals surface area contributed by atoms with Crippen molar-refractivity contribution in [2.75, 3.05) is 18.9 Å². The number of ether oxygens (including phenoxy) is 1. The fourth-order valence-electron chi connectivity index (χ4n) is 1.44. The summed E-state index contributed by atoms with van der Waals surface area (Å²) in [5, 5.41) is 3.01. The average Bonchev–Trinajstić information content (AvgIpc) is 2.37. The molecule has 1 amide bonds. The molecule has 106 valence electrons. The van der Waals surface area contributed by atoms with Gasteiger partial charge in [0.1, 0.15) is 0 Å². The van der Waals surface area contributed by atoms with Crippen LogP contribution in [0.3, 0.4) is 0 Å². The highest BCUT2D eigenvalue weighted by Gasteiger charge is 2.17. The summed E-state index contributed by atoms with van der Waals surface area (Å²) in [7, 11) is -1.16. The summed E-state index contributed by atoms with van der Waals surface area (Å²) in [5.74, 6) is 0. The van der Waals surface area contributed by atoms with Gasteiger partial charge in [0, 0.05) is 6.04 Å². The van der Waals surface area contributed by atoms with Crippen molar-refractivity contribution in [1.82, 2.24) is 10.0 Å². The molecule has 19 heavy (non-hydrogen) atoms. The lowest BCUT2D eigenvalue weighted by Crippen LogP contribution is -2.35. The summed E-state index contributed by atoms with van der Waals surface area (Å²) >= 11 is 0. The molecule has 0 aliphatic rings. The monoisotopic (exact) mass is 287 g/mol. The molecular weight excluding hydrogens is 270 g/mol. The summed E-state index contributed by atoms with van der Waals surface area (Å²) in [5.41, 5.74) is 1.15. The number of amides is 1. The molecule has 0 heterocycles. The topological polar surface area (TPSA) is 96.5 Å². The van der Waals surface area contributed by atoms with Crippen molar-refractivity contribution in [1.29, 1.82) is 0 Å². The highest BCUT2D eigenvalue weighted by Crippen LogP contribution is 2.22. The number of rotatable bonds is 5. The van der Waals surface area contributed by atoms with E-state index in [0.717, 1.165) is 12.7 Å². The molecule has 1 rings (SSSR count). The number of methoxy groups -OCH3 is 1. The van der Waals surface area contributed by atoms with E-state index >= 15 is 0 Å². The van der Waals surface area contributed by atoms with Crippen molar-refractivity contribution < 1.29 is 17.9 Å². The molecule has 0 spiro atoms. The summed E-state index contributed by atoms with van der Waals surface area (Å²) in [4.78, 5) is 10.9. The third-order valence-corrected chi connectivity index (χ3v) is 3.43. The molecule has 1 aromatic rings. The lowest BCUT2D eigenvalue weighted by atomic mass is 10.1. The van der Waals surface area contributed by atoms with E-state index in [-0.39, 0.29) is 6.04 Å². The van der Waals surface area contributed by atoms with Crippen molar-refractivity contribution in [2.24, 2.45) is 0 Å². The Balaban J connectivity index is 2.96. The molecule has 8 heteroatoms. The third kappa shape index (κ3) is 4.42. The van der Waals surface area contributed by atoms with Crippen molar-refractivity contribution in [3.8, 4) is 0 Å². The second kappa shape index (κ2) is 6.39. The molecule has 0 radical (unpaired) electrons. The zero-order valence-corrected chi connectivity index (χ0v) is 11.7. The van der Waals surface area contributed by atoms with Gasteiger partial charge in [-0.1, -0.05) is 18.2 Å². The van der Waals surface area contributed by atoms with E-state index in [0.29, 0.717) is 5.69 Å². The largest absolute Gasteiger partial charge is 0.452 e. The van der Waals surface area contributed by atoms with Gasteiger partial charge in [-0.2, -0.15) is 8.42 Å². The van der Waals surface area contributed by atoms with Gasteiger partial charge in [-0.05, 0) is 25.6 Å². The maximum absolute atomic E-state index is 11.7. The van der Waals surface area contributed by atoms with E-state index in [1.807, 2.05) is 6.92 Å². The van der Waals surface area contributed by atoms with Crippen LogP contribution in [0.2, 0.25) is 0 Å². The zero-order chi connectivity index (χ0) is 14.5. The normalized spacial score (nSPS) is 12.6. The summed E-state index contributed by atoms with van der Waals surface area (Å²) in [6.45, 7) is 1.89. The van der Waals surface area contributed by atoms with Gasteiger partial charge in [-0.25, -0.2) is 9.52 Å². The van der Waals surface area contributed by atoms with Gasteiger partial charge in [0.05, 0.1) is 12.8 Å². The lowest BCUT2D eigenvalue weighted by molar-refractivity contribution is 0.177. The quantitative estimate of drug-likeness (QED) is 0.750. The number of benzene rings is 1. The van der Waals surface area contributed by atoms with Crippen LogP contribution >= 0.6 is 0 Å². The van der Waals surface area contributed by atoms with Gasteiger partial charge in [0.25, 0.3) is 0 Å². The third-order valence-electron chi connectivity index (χ3n) is 2.51. The van der Waals surface area contributed by atoms with Gasteiger partial charge in [0.15, 0.2) is 0 Å². The maximum atomic E-state index is 11.7. The molecule has 3 N–H and O–H groups in total. The van der Waals surface area contributed by atoms with Crippen LogP contribution in [-0.2, 0) is 14.9 Å². The predicted molar refractivity (Wildman–Crippen MR) is 72.0 cm³/mol. The Morgan fingerprint density at radius 3 is 2.53 bits per heavy atom. The zero-order valence-electron chi connectivity index (χ0n) is 10.9. The molecule has 1 unspecified atom stereocenters.